The highest BCUT2D eigenvalue weighted by Crippen LogP contribution is 2.29. The third kappa shape index (κ3) is 7.28. The maximum Gasteiger partial charge on any atom is 0.244 e. The highest BCUT2D eigenvalue weighted by atomic mass is 35.5. The molecule has 10 heteroatoms. The minimum Gasteiger partial charge on any atom is -0.352 e. The van der Waals surface area contributed by atoms with E-state index in [9.17, 15) is 18.0 Å². The number of hydrogen-bond acceptors (Lipinski definition) is 4. The predicted octanol–water partition coefficient (Wildman–Crippen LogP) is 6.17. The molecule has 0 aliphatic heterocycles. The Morgan fingerprint density at radius 2 is 1.70 bits per heavy atom. The fourth-order valence-corrected chi connectivity index (χ4v) is 6.65. The molecule has 1 aliphatic rings. The van der Waals surface area contributed by atoms with Gasteiger partial charge in [-0.1, -0.05) is 91.9 Å². The van der Waals surface area contributed by atoms with Crippen LogP contribution < -0.4 is 9.62 Å². The third-order valence-corrected chi connectivity index (χ3v) is 9.12. The monoisotopic (exact) mass is 603 g/mol. The van der Waals surface area contributed by atoms with E-state index in [4.69, 9.17) is 23.2 Å². The zero-order chi connectivity index (χ0) is 28.9. The van der Waals surface area contributed by atoms with Gasteiger partial charge in [-0.3, -0.25) is 13.9 Å². The summed E-state index contributed by atoms with van der Waals surface area (Å²) in [5, 5.41) is 5.51. The number of carbonyl (C=O) groups is 2. The number of amides is 2. The van der Waals surface area contributed by atoms with E-state index >= 15 is 0 Å². The molecule has 214 valence electrons. The van der Waals surface area contributed by atoms with Gasteiger partial charge in [-0.25, -0.2) is 8.42 Å². The summed E-state index contributed by atoms with van der Waals surface area (Å²) in [5.41, 5.74) is 1.01. The molecular formula is C30H35Cl2N3O4S. The molecule has 1 aliphatic carbocycles. The zero-order valence-corrected chi connectivity index (χ0v) is 25.1. The predicted molar refractivity (Wildman–Crippen MR) is 162 cm³/mol. The topological polar surface area (TPSA) is 86.8 Å². The van der Waals surface area contributed by atoms with Crippen LogP contribution in [0.4, 0.5) is 5.69 Å². The fraction of sp³-hybridized carbons (Fsp3) is 0.400. The van der Waals surface area contributed by atoms with Crippen molar-refractivity contribution >= 4 is 61.5 Å². The molecule has 7 nitrogen and oxygen atoms in total. The first-order chi connectivity index (χ1) is 19.1. The van der Waals surface area contributed by atoms with Crippen LogP contribution in [-0.4, -0.2) is 50.0 Å². The maximum atomic E-state index is 14.1. The summed E-state index contributed by atoms with van der Waals surface area (Å²) in [6.07, 6.45) is 6.50. The number of nitrogens with one attached hydrogen (secondary N) is 1. The van der Waals surface area contributed by atoms with Gasteiger partial charge >= 0.3 is 0 Å². The summed E-state index contributed by atoms with van der Waals surface area (Å²) in [4.78, 5) is 29.1. The molecule has 0 aromatic heterocycles. The molecule has 2 amide bonds. The quantitative estimate of drug-likeness (QED) is 0.300. The zero-order valence-electron chi connectivity index (χ0n) is 22.8. The lowest BCUT2D eigenvalue weighted by Gasteiger charge is -2.34. The van der Waals surface area contributed by atoms with Gasteiger partial charge in [0.05, 0.1) is 11.9 Å². The fourth-order valence-electron chi connectivity index (χ4n) is 5.32. The van der Waals surface area contributed by atoms with Crippen molar-refractivity contribution in [1.82, 2.24) is 10.2 Å². The Kier molecular flexibility index (Phi) is 9.98. The number of fused-ring (bicyclic) bond motifs is 1. The standard InChI is InChI=1S/C30H35Cl2N3O4S/c1-3-27(30(37)33-24-12-5-4-6-13-24)34(19-22-16-17-23(31)18-26(22)32)29(36)20-35(40(2,38)39)28-15-9-11-21-10-7-8-14-25(21)28/h7-11,14-18,24,27H,3-6,12-13,19-20H2,1-2H3,(H,33,37)/t27-/m1/s1. The number of sulfonamides is 1. The molecule has 0 radical (unpaired) electrons. The molecule has 3 aromatic rings. The first-order valence-corrected chi connectivity index (χ1v) is 16.2. The van der Waals surface area contributed by atoms with E-state index in [1.54, 1.807) is 30.3 Å². The van der Waals surface area contributed by atoms with E-state index in [2.05, 4.69) is 5.32 Å². The summed E-state index contributed by atoms with van der Waals surface area (Å²) in [7, 11) is -3.86. The Labute approximate surface area is 246 Å². The average Bonchev–Trinajstić information content (AvgIpc) is 2.92. The van der Waals surface area contributed by atoms with Crippen LogP contribution >= 0.6 is 23.2 Å². The number of nitrogens with zero attached hydrogens (tertiary/aromatic N) is 2. The minimum absolute atomic E-state index is 0.0264. The summed E-state index contributed by atoms with van der Waals surface area (Å²) in [5.74, 6) is -0.751. The Morgan fingerprint density at radius 3 is 2.38 bits per heavy atom. The van der Waals surface area contributed by atoms with Gasteiger partial charge in [0.1, 0.15) is 12.6 Å². The average molecular weight is 605 g/mol. The molecule has 4 rings (SSSR count). The highest BCUT2D eigenvalue weighted by molar-refractivity contribution is 7.92. The highest BCUT2D eigenvalue weighted by Gasteiger charge is 2.33. The first-order valence-electron chi connectivity index (χ1n) is 13.6. The van der Waals surface area contributed by atoms with Crippen LogP contribution in [0.3, 0.4) is 0 Å². The molecule has 1 N–H and O–H groups in total. The SMILES string of the molecule is CC[C@H](C(=O)NC1CCCCC1)N(Cc1ccc(Cl)cc1Cl)C(=O)CN(c1cccc2ccccc12)S(C)(=O)=O. The van der Waals surface area contributed by atoms with E-state index in [-0.39, 0.29) is 18.5 Å². The molecule has 0 bridgehead atoms. The maximum absolute atomic E-state index is 14.1. The molecule has 1 atom stereocenters. The number of halogens is 2. The minimum atomic E-state index is -3.86. The van der Waals surface area contributed by atoms with E-state index in [1.165, 1.54) is 4.90 Å². The second-order valence-corrected chi connectivity index (χ2v) is 13.0. The first kappa shape index (κ1) is 30.2. The number of rotatable bonds is 10. The molecule has 0 heterocycles. The van der Waals surface area contributed by atoms with Gasteiger partial charge in [0.25, 0.3) is 0 Å². The summed E-state index contributed by atoms with van der Waals surface area (Å²) in [6, 6.07) is 17.0. The van der Waals surface area contributed by atoms with Crippen molar-refractivity contribution in [2.75, 3.05) is 17.1 Å². The van der Waals surface area contributed by atoms with E-state index in [0.717, 1.165) is 48.1 Å². The van der Waals surface area contributed by atoms with Gasteiger partial charge in [-0.15, -0.1) is 0 Å². The van der Waals surface area contributed by atoms with Crippen molar-refractivity contribution in [3.05, 3.63) is 76.3 Å². The van der Waals surface area contributed by atoms with Crippen LogP contribution in [0.5, 0.6) is 0 Å². The molecule has 3 aromatic carbocycles. The van der Waals surface area contributed by atoms with Gasteiger partial charge in [0.2, 0.25) is 21.8 Å². The van der Waals surface area contributed by atoms with Crippen LogP contribution in [0.2, 0.25) is 10.0 Å². The summed E-state index contributed by atoms with van der Waals surface area (Å²) in [6.45, 7) is 1.40. The molecule has 0 spiro atoms. The number of carbonyl (C=O) groups excluding carboxylic acids is 2. The normalized spacial score (nSPS) is 15.0. The van der Waals surface area contributed by atoms with Gasteiger partial charge in [-0.05, 0) is 48.4 Å². The molecule has 0 saturated heterocycles. The Hall–Kier alpha value is -2.81. The van der Waals surface area contributed by atoms with Crippen LogP contribution in [0.1, 0.15) is 51.0 Å². The van der Waals surface area contributed by atoms with Crippen molar-refractivity contribution in [3.63, 3.8) is 0 Å². The molecular weight excluding hydrogens is 569 g/mol. The Morgan fingerprint density at radius 1 is 1.00 bits per heavy atom. The van der Waals surface area contributed by atoms with Crippen molar-refractivity contribution in [2.24, 2.45) is 0 Å². The van der Waals surface area contributed by atoms with Gasteiger partial charge in [0, 0.05) is 28.0 Å². The second kappa shape index (κ2) is 13.2. The lowest BCUT2D eigenvalue weighted by Crippen LogP contribution is -2.54. The van der Waals surface area contributed by atoms with Crippen LogP contribution in [-0.2, 0) is 26.2 Å². The second-order valence-electron chi connectivity index (χ2n) is 10.3. The number of hydrogen-bond donors (Lipinski definition) is 1. The van der Waals surface area contributed by atoms with Crippen LogP contribution in [0, 0.1) is 0 Å². The lowest BCUT2D eigenvalue weighted by molar-refractivity contribution is -0.140. The molecule has 40 heavy (non-hydrogen) atoms. The lowest BCUT2D eigenvalue weighted by atomic mass is 9.95. The largest absolute Gasteiger partial charge is 0.352 e. The van der Waals surface area contributed by atoms with Crippen molar-refractivity contribution < 1.29 is 18.0 Å². The van der Waals surface area contributed by atoms with Crippen molar-refractivity contribution in [3.8, 4) is 0 Å². The summed E-state index contributed by atoms with van der Waals surface area (Å²) >= 11 is 12.6. The van der Waals surface area contributed by atoms with Crippen molar-refractivity contribution in [2.45, 2.75) is 64.1 Å². The van der Waals surface area contributed by atoms with E-state index < -0.39 is 28.5 Å². The smallest absolute Gasteiger partial charge is 0.244 e. The van der Waals surface area contributed by atoms with Crippen molar-refractivity contribution in [1.29, 1.82) is 0 Å². The summed E-state index contributed by atoms with van der Waals surface area (Å²) < 4.78 is 27.2. The number of anilines is 1. The van der Waals surface area contributed by atoms with Gasteiger partial charge in [-0.2, -0.15) is 0 Å². The van der Waals surface area contributed by atoms with Gasteiger partial charge < -0.3 is 10.2 Å². The third-order valence-electron chi connectivity index (χ3n) is 7.41. The van der Waals surface area contributed by atoms with Crippen LogP contribution in [0.25, 0.3) is 10.8 Å². The van der Waals surface area contributed by atoms with E-state index in [1.807, 2.05) is 37.3 Å². The Balaban J connectivity index is 1.70. The van der Waals surface area contributed by atoms with Crippen LogP contribution in [0.15, 0.2) is 60.7 Å². The molecule has 1 saturated carbocycles. The molecule has 0 unspecified atom stereocenters. The van der Waals surface area contributed by atoms with Gasteiger partial charge in [0.15, 0.2) is 0 Å². The number of benzene rings is 3. The van der Waals surface area contributed by atoms with E-state index in [0.29, 0.717) is 33.1 Å². The Bertz CT molecular complexity index is 1470. The molecule has 1 fully saturated rings.